The minimum atomic E-state index is -0.394. The molecule has 0 unspecified atom stereocenters. The van der Waals surface area contributed by atoms with Crippen molar-refractivity contribution >= 4 is 22.8 Å². The molecule has 1 saturated heterocycles. The van der Waals surface area contributed by atoms with Crippen molar-refractivity contribution in [1.82, 2.24) is 24.6 Å². The zero-order chi connectivity index (χ0) is 24.8. The fraction of sp³-hybridized carbons (Fsp3) is 0.357. The molecule has 0 bridgehead atoms. The van der Waals surface area contributed by atoms with Crippen molar-refractivity contribution in [3.63, 3.8) is 0 Å². The van der Waals surface area contributed by atoms with Gasteiger partial charge in [-0.1, -0.05) is 23.8 Å². The molecule has 3 heterocycles. The topological polar surface area (TPSA) is 67.2 Å². The highest BCUT2D eigenvalue weighted by atomic mass is 19.1. The number of carbonyl (C=O) groups is 1. The van der Waals surface area contributed by atoms with Gasteiger partial charge < -0.3 is 9.80 Å². The van der Waals surface area contributed by atoms with Crippen molar-refractivity contribution in [3.8, 4) is 5.69 Å². The number of nitrogens with zero attached hydrogens (tertiary/aromatic N) is 6. The highest BCUT2D eigenvalue weighted by Crippen LogP contribution is 2.40. The molecular formula is C28H29FN6O. The van der Waals surface area contributed by atoms with Gasteiger partial charge in [0, 0.05) is 37.7 Å². The quantitative estimate of drug-likeness (QED) is 0.416. The molecule has 4 aromatic rings. The Morgan fingerprint density at radius 3 is 2.53 bits per heavy atom. The van der Waals surface area contributed by atoms with Crippen molar-refractivity contribution in [1.29, 1.82) is 0 Å². The minimum absolute atomic E-state index is 0.133. The summed E-state index contributed by atoms with van der Waals surface area (Å²) in [4.78, 5) is 27.2. The van der Waals surface area contributed by atoms with Gasteiger partial charge in [0.05, 0.1) is 16.8 Å². The predicted octanol–water partition coefficient (Wildman–Crippen LogP) is 4.80. The molecule has 0 N–H and O–H groups in total. The van der Waals surface area contributed by atoms with Crippen LogP contribution < -0.4 is 4.90 Å². The number of aryl methyl sites for hydroxylation is 2. The lowest BCUT2D eigenvalue weighted by atomic mass is 10.2. The Kier molecular flexibility index (Phi) is 5.66. The normalized spacial score (nSPS) is 16.4. The molecule has 2 aromatic carbocycles. The SMILES string of the molecule is Cc1ccc(-n2nc(C)c3c(N4CCCN(C(=O)c5cccc(F)c5)CC4)nc(C4CC4)nc32)cc1. The van der Waals surface area contributed by atoms with Gasteiger partial charge in [-0.2, -0.15) is 5.10 Å². The minimum Gasteiger partial charge on any atom is -0.354 e. The van der Waals surface area contributed by atoms with Crippen molar-refractivity contribution < 1.29 is 9.18 Å². The molecule has 184 valence electrons. The summed E-state index contributed by atoms with van der Waals surface area (Å²) in [6.07, 6.45) is 3.02. The van der Waals surface area contributed by atoms with E-state index in [1.54, 1.807) is 12.1 Å². The third-order valence-corrected chi connectivity index (χ3v) is 7.08. The Hall–Kier alpha value is -3.81. The van der Waals surface area contributed by atoms with E-state index in [1.807, 2.05) is 16.5 Å². The van der Waals surface area contributed by atoms with Crippen molar-refractivity contribution in [2.75, 3.05) is 31.1 Å². The van der Waals surface area contributed by atoms with Gasteiger partial charge in [0.1, 0.15) is 17.5 Å². The van der Waals surface area contributed by atoms with E-state index < -0.39 is 5.82 Å². The summed E-state index contributed by atoms with van der Waals surface area (Å²) in [6.45, 7) is 6.67. The standard InChI is InChI=1S/C28H29FN6O/c1-18-7-11-23(12-8-18)35-27-24(19(2)32-35)26(30-25(31-27)20-9-10-20)33-13-4-14-34(16-15-33)28(36)21-5-3-6-22(29)17-21/h3,5-8,11-12,17,20H,4,9-10,13-16H2,1-2H3. The number of anilines is 1. The van der Waals surface area contributed by atoms with Gasteiger partial charge >= 0.3 is 0 Å². The van der Waals surface area contributed by atoms with Crippen LogP contribution in [0.4, 0.5) is 10.2 Å². The van der Waals surface area contributed by atoms with Gasteiger partial charge in [-0.25, -0.2) is 19.0 Å². The van der Waals surface area contributed by atoms with Crippen LogP contribution in [0.2, 0.25) is 0 Å². The largest absolute Gasteiger partial charge is 0.354 e. The number of amides is 1. The number of hydrogen-bond donors (Lipinski definition) is 0. The molecule has 36 heavy (non-hydrogen) atoms. The molecule has 2 fully saturated rings. The van der Waals surface area contributed by atoms with Crippen LogP contribution in [0, 0.1) is 19.7 Å². The third-order valence-electron chi connectivity index (χ3n) is 7.08. The smallest absolute Gasteiger partial charge is 0.254 e. The lowest BCUT2D eigenvalue weighted by molar-refractivity contribution is 0.0766. The fourth-order valence-corrected chi connectivity index (χ4v) is 4.93. The van der Waals surface area contributed by atoms with Gasteiger partial charge in [0.2, 0.25) is 0 Å². The molecule has 1 aliphatic carbocycles. The maximum atomic E-state index is 13.7. The number of hydrogen-bond acceptors (Lipinski definition) is 5. The van der Waals surface area contributed by atoms with Crippen LogP contribution in [-0.2, 0) is 0 Å². The first-order valence-corrected chi connectivity index (χ1v) is 12.6. The Labute approximate surface area is 209 Å². The van der Waals surface area contributed by atoms with E-state index in [9.17, 15) is 9.18 Å². The van der Waals surface area contributed by atoms with Crippen LogP contribution >= 0.6 is 0 Å². The van der Waals surface area contributed by atoms with Crippen LogP contribution in [0.25, 0.3) is 16.7 Å². The average Bonchev–Trinajstić information content (AvgIpc) is 3.70. The second-order valence-electron chi connectivity index (χ2n) is 9.85. The van der Waals surface area contributed by atoms with Gasteiger partial charge in [0.25, 0.3) is 5.91 Å². The summed E-state index contributed by atoms with van der Waals surface area (Å²) in [6, 6.07) is 14.2. The maximum Gasteiger partial charge on any atom is 0.254 e. The summed E-state index contributed by atoms with van der Waals surface area (Å²) < 4.78 is 15.6. The monoisotopic (exact) mass is 484 g/mol. The van der Waals surface area contributed by atoms with E-state index in [-0.39, 0.29) is 5.91 Å². The molecule has 2 aliphatic rings. The van der Waals surface area contributed by atoms with Crippen LogP contribution in [0.1, 0.15) is 52.6 Å². The molecule has 0 atom stereocenters. The maximum absolute atomic E-state index is 13.7. The first-order chi connectivity index (χ1) is 17.5. The second kappa shape index (κ2) is 9.00. The molecule has 2 aromatic heterocycles. The van der Waals surface area contributed by atoms with E-state index in [2.05, 4.69) is 36.1 Å². The van der Waals surface area contributed by atoms with Gasteiger partial charge in [-0.05, 0) is 63.4 Å². The molecule has 6 rings (SSSR count). The van der Waals surface area contributed by atoms with Gasteiger partial charge in [-0.3, -0.25) is 4.79 Å². The van der Waals surface area contributed by atoms with E-state index in [0.29, 0.717) is 31.1 Å². The van der Waals surface area contributed by atoms with E-state index in [0.717, 1.165) is 59.9 Å². The predicted molar refractivity (Wildman–Crippen MR) is 137 cm³/mol. The van der Waals surface area contributed by atoms with Crippen LogP contribution in [0.15, 0.2) is 48.5 Å². The molecule has 1 saturated carbocycles. The van der Waals surface area contributed by atoms with Gasteiger partial charge in [-0.15, -0.1) is 0 Å². The van der Waals surface area contributed by atoms with E-state index in [1.165, 1.54) is 17.7 Å². The first-order valence-electron chi connectivity index (χ1n) is 12.6. The zero-order valence-corrected chi connectivity index (χ0v) is 20.6. The van der Waals surface area contributed by atoms with Crippen molar-refractivity contribution in [2.24, 2.45) is 0 Å². The molecule has 7 nitrogen and oxygen atoms in total. The molecule has 1 aliphatic heterocycles. The first kappa shape index (κ1) is 22.6. The number of carbonyl (C=O) groups excluding carboxylic acids is 1. The molecule has 1 amide bonds. The molecule has 0 radical (unpaired) electrons. The zero-order valence-electron chi connectivity index (χ0n) is 20.6. The average molecular weight is 485 g/mol. The number of benzene rings is 2. The highest BCUT2D eigenvalue weighted by Gasteiger charge is 2.31. The van der Waals surface area contributed by atoms with Crippen LogP contribution in [-0.4, -0.2) is 56.7 Å². The number of halogens is 1. The Bertz CT molecular complexity index is 1440. The summed E-state index contributed by atoms with van der Waals surface area (Å²) in [5.41, 5.74) is 4.29. The summed E-state index contributed by atoms with van der Waals surface area (Å²) in [5.74, 6) is 1.65. The van der Waals surface area contributed by atoms with E-state index in [4.69, 9.17) is 15.1 Å². The Morgan fingerprint density at radius 2 is 1.78 bits per heavy atom. The van der Waals surface area contributed by atoms with Gasteiger partial charge in [0.15, 0.2) is 5.65 Å². The van der Waals surface area contributed by atoms with E-state index >= 15 is 0 Å². The second-order valence-corrected chi connectivity index (χ2v) is 9.85. The summed E-state index contributed by atoms with van der Waals surface area (Å²) in [7, 11) is 0. The molecule has 0 spiro atoms. The van der Waals surface area contributed by atoms with Crippen molar-refractivity contribution in [2.45, 2.75) is 39.0 Å². The number of fused-ring (bicyclic) bond motifs is 1. The Morgan fingerprint density at radius 1 is 0.972 bits per heavy atom. The highest BCUT2D eigenvalue weighted by molar-refractivity contribution is 5.94. The summed E-state index contributed by atoms with van der Waals surface area (Å²) in [5, 5.41) is 5.83. The molecular weight excluding hydrogens is 455 g/mol. The van der Waals surface area contributed by atoms with Crippen molar-refractivity contribution in [3.05, 3.63) is 77.0 Å². The number of aromatic nitrogens is 4. The van der Waals surface area contributed by atoms with Crippen LogP contribution in [0.3, 0.4) is 0 Å². The van der Waals surface area contributed by atoms with Crippen LogP contribution in [0.5, 0.6) is 0 Å². The lowest BCUT2D eigenvalue weighted by Crippen LogP contribution is -2.35. The Balaban J connectivity index is 1.35. The molecule has 8 heteroatoms. The lowest BCUT2D eigenvalue weighted by Gasteiger charge is -2.24. The fourth-order valence-electron chi connectivity index (χ4n) is 4.93. The summed E-state index contributed by atoms with van der Waals surface area (Å²) >= 11 is 0. The third kappa shape index (κ3) is 4.21. The number of rotatable bonds is 4.